The smallest absolute Gasteiger partial charge is 0.425 e. The van der Waals surface area contributed by atoms with Crippen LogP contribution in [0.25, 0.3) is 0 Å². The Morgan fingerprint density at radius 2 is 1.71 bits per heavy atom. The zero-order valence-corrected chi connectivity index (χ0v) is 24.5. The van der Waals surface area contributed by atoms with E-state index in [9.17, 15) is 13.2 Å². The fourth-order valence-electron chi connectivity index (χ4n) is 1.86. The Morgan fingerprint density at radius 3 is 2.13 bits per heavy atom. The molecule has 0 atom stereocenters. The van der Waals surface area contributed by atoms with Gasteiger partial charge in [0.1, 0.15) is 0 Å². The molecular weight excluding hydrogens is 623 g/mol. The van der Waals surface area contributed by atoms with E-state index < -0.39 is 6.93 Å². The number of nitrogens with two attached hydrogens (primary N) is 1. The second-order valence-corrected chi connectivity index (χ2v) is 6.01. The topological polar surface area (TPSA) is 38.4 Å². The van der Waals surface area contributed by atoms with Gasteiger partial charge in [0.2, 0.25) is 0 Å². The molecule has 1 aromatic carbocycles. The maximum absolute atomic E-state index is 14.2. The van der Waals surface area contributed by atoms with E-state index in [1.54, 1.807) is 19.1 Å². The standard InChI is InChI=1S/C19H24FN2.C3H8.C2H6.CHF2.U/c1-5-6-7-8-15(3)19(22-12-11-16(4)21)17-10-9-14(2)13-18(17)20;1-3-2;1-2;2-1-3;/h6-9,11,13H,5,12,21H2,1-4H3;3H2,1-2H3;1-2H3;1H;/q-1;;;-1;+2/b7-6-,15-8+,16-11+,22-19?;;;;. The van der Waals surface area contributed by atoms with Crippen molar-refractivity contribution in [3.05, 3.63) is 77.6 Å². The van der Waals surface area contributed by atoms with Gasteiger partial charge in [0.05, 0.1) is 0 Å². The molecule has 6 heteroatoms. The van der Waals surface area contributed by atoms with Gasteiger partial charge < -0.3 is 19.5 Å². The summed E-state index contributed by atoms with van der Waals surface area (Å²) in [6.45, 7) is 15.3. The van der Waals surface area contributed by atoms with Gasteiger partial charge in [-0.2, -0.15) is 0 Å². The summed E-state index contributed by atoms with van der Waals surface area (Å²) >= 11 is 0. The molecule has 0 aliphatic rings. The Balaban J connectivity index is -0.000000354. The molecule has 0 aliphatic heterocycles. The molecule has 0 spiro atoms. The third-order valence-corrected chi connectivity index (χ3v) is 3.03. The van der Waals surface area contributed by atoms with Gasteiger partial charge in [0.25, 0.3) is 0 Å². The van der Waals surface area contributed by atoms with Crippen LogP contribution in [0.15, 0.2) is 52.7 Å². The summed E-state index contributed by atoms with van der Waals surface area (Å²) in [5.41, 5.74) is 9.06. The van der Waals surface area contributed by atoms with Crippen molar-refractivity contribution < 1.29 is 44.3 Å². The van der Waals surface area contributed by atoms with Crippen LogP contribution in [0.2, 0.25) is 0 Å². The van der Waals surface area contributed by atoms with Crippen molar-refractivity contribution in [1.29, 1.82) is 0 Å². The van der Waals surface area contributed by atoms with Gasteiger partial charge in [-0.15, -0.1) is 23.8 Å². The summed E-state index contributed by atoms with van der Waals surface area (Å²) in [7, 11) is 0. The maximum Gasteiger partial charge on any atom is 2.00 e. The molecular formula is C25H39F3N2U. The quantitative estimate of drug-likeness (QED) is 0.187. The molecule has 0 radical (unpaired) electrons. The first-order chi connectivity index (χ1) is 14.3. The number of rotatable bonds is 6. The van der Waals surface area contributed by atoms with E-state index in [1.807, 2.05) is 45.9 Å². The van der Waals surface area contributed by atoms with E-state index in [0.717, 1.165) is 17.6 Å². The molecule has 0 amide bonds. The average molecular weight is 663 g/mol. The van der Waals surface area contributed by atoms with Crippen molar-refractivity contribution in [2.75, 3.05) is 6.54 Å². The van der Waals surface area contributed by atoms with E-state index in [1.165, 1.54) is 12.5 Å². The molecule has 0 heterocycles. The second kappa shape index (κ2) is 26.8. The fourth-order valence-corrected chi connectivity index (χ4v) is 1.86. The number of hydrogen-bond donors (Lipinski definition) is 1. The van der Waals surface area contributed by atoms with Crippen LogP contribution >= 0.6 is 0 Å². The first kappa shape index (κ1) is 37.1. The molecule has 174 valence electrons. The first-order valence-corrected chi connectivity index (χ1v) is 10.3. The van der Waals surface area contributed by atoms with Crippen LogP contribution in [-0.4, -0.2) is 12.3 Å². The summed E-state index contributed by atoms with van der Waals surface area (Å²) in [6.07, 6.45) is 9.95. The number of benzene rings is 1. The molecule has 0 unspecified atom stereocenters. The van der Waals surface area contributed by atoms with Crippen molar-refractivity contribution in [3.63, 3.8) is 0 Å². The minimum absolute atomic E-state index is 0. The third-order valence-electron chi connectivity index (χ3n) is 3.03. The number of hydrogen-bond acceptors (Lipinski definition) is 2. The summed E-state index contributed by atoms with van der Waals surface area (Å²) in [4.78, 5) is 4.49. The molecule has 2 N–H and O–H groups in total. The monoisotopic (exact) mass is 662 g/mol. The van der Waals surface area contributed by atoms with Crippen molar-refractivity contribution in [2.45, 2.75) is 68.2 Å². The molecule has 0 saturated carbocycles. The van der Waals surface area contributed by atoms with Gasteiger partial charge in [-0.1, -0.05) is 77.3 Å². The predicted molar refractivity (Wildman–Crippen MR) is 126 cm³/mol. The van der Waals surface area contributed by atoms with Crippen LogP contribution in [0.5, 0.6) is 0 Å². The van der Waals surface area contributed by atoms with Gasteiger partial charge >= 0.3 is 31.1 Å². The van der Waals surface area contributed by atoms with Crippen LogP contribution in [-0.2, 0) is 0 Å². The molecule has 31 heavy (non-hydrogen) atoms. The molecule has 1 rings (SSSR count). The molecule has 0 saturated heterocycles. The maximum atomic E-state index is 14.2. The Morgan fingerprint density at radius 1 is 1.19 bits per heavy atom. The molecule has 0 aliphatic carbocycles. The predicted octanol–water partition coefficient (Wildman–Crippen LogP) is 7.99. The number of nitrogens with zero attached hydrogens (tertiary/aromatic N) is 1. The molecule has 2 nitrogen and oxygen atoms in total. The van der Waals surface area contributed by atoms with Crippen LogP contribution in [0.4, 0.5) is 13.2 Å². The Kier molecular flexibility index (Phi) is 32.0. The largest absolute Gasteiger partial charge is 2.00 e. The third kappa shape index (κ3) is 21.8. The van der Waals surface area contributed by atoms with E-state index in [2.05, 4.69) is 31.8 Å². The molecule has 0 fully saturated rings. The minimum atomic E-state index is -1.00. The summed E-state index contributed by atoms with van der Waals surface area (Å²) in [5.74, 6) is -0.306. The van der Waals surface area contributed by atoms with E-state index >= 15 is 0 Å². The normalized spacial score (nSPS) is 11.3. The number of halogens is 3. The number of allylic oxidation sites excluding steroid dienone is 5. The number of aliphatic imine (C=N–C) groups is 1. The van der Waals surface area contributed by atoms with Gasteiger partial charge in [0.15, 0.2) is 0 Å². The van der Waals surface area contributed by atoms with Gasteiger partial charge in [-0.25, -0.2) is 0 Å². The van der Waals surface area contributed by atoms with Gasteiger partial charge in [0, 0.05) is 18.1 Å². The minimum Gasteiger partial charge on any atom is -0.425 e. The van der Waals surface area contributed by atoms with Crippen molar-refractivity contribution >= 4 is 5.71 Å². The van der Waals surface area contributed by atoms with E-state index in [4.69, 9.17) is 5.73 Å². The first-order valence-electron chi connectivity index (χ1n) is 10.3. The zero-order chi connectivity index (χ0) is 23.9. The SMILES string of the molecule is CC.CC/C=C\C=C(/C)C(=NC/C=C(\C)N)c1[c-]cc(C)cc1F.CCC.F[CH-]F.[U+2]. The molecule has 0 aromatic heterocycles. The van der Waals surface area contributed by atoms with Crippen molar-refractivity contribution in [1.82, 2.24) is 0 Å². The fraction of sp³-hybridized carbons (Fsp3) is 0.440. The second-order valence-electron chi connectivity index (χ2n) is 6.01. The van der Waals surface area contributed by atoms with Crippen LogP contribution < -0.4 is 5.73 Å². The van der Waals surface area contributed by atoms with Crippen molar-refractivity contribution in [2.24, 2.45) is 10.7 Å². The van der Waals surface area contributed by atoms with E-state index in [-0.39, 0.29) is 36.9 Å². The zero-order valence-electron chi connectivity index (χ0n) is 20.3. The summed E-state index contributed by atoms with van der Waals surface area (Å²) in [6, 6.07) is 6.26. The summed E-state index contributed by atoms with van der Waals surface area (Å²) < 4.78 is 33.2. The Bertz CT molecular complexity index is 661. The van der Waals surface area contributed by atoms with Gasteiger partial charge in [-0.05, 0) is 39.0 Å². The van der Waals surface area contributed by atoms with E-state index in [0.29, 0.717) is 23.5 Å². The van der Waals surface area contributed by atoms with Crippen LogP contribution in [0.3, 0.4) is 0 Å². The molecule has 0 bridgehead atoms. The van der Waals surface area contributed by atoms with Crippen LogP contribution in [0, 0.1) is 56.8 Å². The van der Waals surface area contributed by atoms with Gasteiger partial charge in [-0.3, -0.25) is 4.39 Å². The molecule has 1 aromatic rings. The number of aryl methyl sites for hydroxylation is 1. The summed E-state index contributed by atoms with van der Waals surface area (Å²) in [5, 5.41) is 0. The Hall–Kier alpha value is -1.25. The van der Waals surface area contributed by atoms with Crippen molar-refractivity contribution in [3.8, 4) is 0 Å². The Labute approximate surface area is 212 Å². The van der Waals surface area contributed by atoms with Crippen LogP contribution in [0.1, 0.15) is 72.4 Å². The average Bonchev–Trinajstić information content (AvgIpc) is 2.69.